The average Bonchev–Trinajstić information content (AvgIpc) is 2.85. The Morgan fingerprint density at radius 1 is 1.12 bits per heavy atom. The van der Waals surface area contributed by atoms with Crippen LogP contribution in [0.2, 0.25) is 0 Å². The Kier molecular flexibility index (Phi) is 10.0. The monoisotopic (exact) mass is 446 g/mol. The fraction of sp³-hybridized carbons (Fsp3) is 0.448. The molecule has 33 heavy (non-hydrogen) atoms. The van der Waals surface area contributed by atoms with E-state index in [1.165, 1.54) is 35.6 Å². The third-order valence-corrected chi connectivity index (χ3v) is 6.01. The van der Waals surface area contributed by atoms with Crippen molar-refractivity contribution in [2.75, 3.05) is 19.8 Å². The zero-order valence-corrected chi connectivity index (χ0v) is 20.2. The predicted molar refractivity (Wildman–Crippen MR) is 141 cm³/mol. The number of ether oxygens (including phenoxy) is 2. The molecule has 0 radical (unpaired) electrons. The number of aliphatic imine (C=N–C) groups is 2. The summed E-state index contributed by atoms with van der Waals surface area (Å²) in [5.74, 6) is 0. The van der Waals surface area contributed by atoms with Gasteiger partial charge in [-0.05, 0) is 66.6 Å². The highest BCUT2D eigenvalue weighted by molar-refractivity contribution is 5.88. The first-order valence-electron chi connectivity index (χ1n) is 12.3. The Labute approximate surface area is 199 Å². The maximum absolute atomic E-state index is 6.10. The molecule has 4 heteroatoms. The fourth-order valence-corrected chi connectivity index (χ4v) is 4.05. The molecule has 3 rings (SSSR count). The second kappa shape index (κ2) is 13.2. The van der Waals surface area contributed by atoms with Crippen LogP contribution in [0.15, 0.2) is 65.1 Å². The topological polar surface area (TPSA) is 43.2 Å². The lowest BCUT2D eigenvalue weighted by Gasteiger charge is -2.30. The number of benzene rings is 2. The van der Waals surface area contributed by atoms with Crippen molar-refractivity contribution < 1.29 is 9.47 Å². The average molecular weight is 447 g/mol. The molecule has 0 saturated heterocycles. The Hall–Kier alpha value is -2.56. The van der Waals surface area contributed by atoms with Gasteiger partial charge in [-0.25, -0.2) is 4.99 Å². The molecule has 2 atom stereocenters. The molecule has 4 nitrogen and oxygen atoms in total. The van der Waals surface area contributed by atoms with Crippen LogP contribution in [0.25, 0.3) is 16.8 Å². The lowest BCUT2D eigenvalue weighted by atomic mass is 9.91. The highest BCUT2D eigenvalue weighted by atomic mass is 16.5. The van der Waals surface area contributed by atoms with Gasteiger partial charge >= 0.3 is 0 Å². The molecule has 1 aliphatic rings. The number of fused-ring (bicyclic) bond motifs is 1. The molecule has 1 heterocycles. The van der Waals surface area contributed by atoms with Crippen molar-refractivity contribution in [1.82, 2.24) is 0 Å². The van der Waals surface area contributed by atoms with Gasteiger partial charge in [0.1, 0.15) is 11.9 Å². The van der Waals surface area contributed by atoms with Crippen LogP contribution in [-0.2, 0) is 15.1 Å². The van der Waals surface area contributed by atoms with Crippen molar-refractivity contribution in [1.29, 1.82) is 0 Å². The number of nitrogens with zero attached hydrogens (tertiary/aromatic N) is 2. The van der Waals surface area contributed by atoms with E-state index in [2.05, 4.69) is 79.0 Å². The van der Waals surface area contributed by atoms with Crippen LogP contribution in [0, 0.1) is 0 Å². The van der Waals surface area contributed by atoms with E-state index in [0.717, 1.165) is 31.4 Å². The summed E-state index contributed by atoms with van der Waals surface area (Å²) in [6, 6.07) is 13.0. The minimum atomic E-state index is -0.632. The van der Waals surface area contributed by atoms with Crippen molar-refractivity contribution in [3.8, 4) is 0 Å². The van der Waals surface area contributed by atoms with Gasteiger partial charge in [0.05, 0.1) is 19.3 Å². The van der Waals surface area contributed by atoms with Crippen LogP contribution in [0.5, 0.6) is 0 Å². The van der Waals surface area contributed by atoms with Crippen LogP contribution < -0.4 is 0 Å². The Bertz CT molecular complexity index is 979. The summed E-state index contributed by atoms with van der Waals surface area (Å²) in [7, 11) is 0. The summed E-state index contributed by atoms with van der Waals surface area (Å²) >= 11 is 0. The highest BCUT2D eigenvalue weighted by Crippen LogP contribution is 2.30. The smallest absolute Gasteiger partial charge is 0.148 e. The second-order valence-corrected chi connectivity index (χ2v) is 8.77. The van der Waals surface area contributed by atoms with E-state index in [9.17, 15) is 0 Å². The lowest BCUT2D eigenvalue weighted by molar-refractivity contribution is 0.0332. The van der Waals surface area contributed by atoms with Gasteiger partial charge in [-0.3, -0.25) is 4.99 Å². The first kappa shape index (κ1) is 25.1. The standard InChI is InChI=1S/C29H38N2O2/c1-4-6-10-18-32-24(3)11-8-7-9-12-25-13-14-27-20-28(16-15-26(27)19-25)29(33-17-5-2)21-30-23-31-22-29/h5,9,12-16,19-21,23-24H,2,4,6-8,10-11,17-18,22H2,1,3H3. The highest BCUT2D eigenvalue weighted by Gasteiger charge is 2.32. The summed E-state index contributed by atoms with van der Waals surface area (Å²) in [5.41, 5.74) is 1.65. The molecule has 0 spiro atoms. The summed E-state index contributed by atoms with van der Waals surface area (Å²) in [6.07, 6.45) is 17.0. The van der Waals surface area contributed by atoms with E-state index in [-0.39, 0.29) is 0 Å². The summed E-state index contributed by atoms with van der Waals surface area (Å²) < 4.78 is 12.0. The van der Waals surface area contributed by atoms with Crippen LogP contribution in [0.4, 0.5) is 0 Å². The molecule has 0 aromatic heterocycles. The summed E-state index contributed by atoms with van der Waals surface area (Å²) in [4.78, 5) is 8.58. The largest absolute Gasteiger partial charge is 0.379 e. The van der Waals surface area contributed by atoms with E-state index in [4.69, 9.17) is 9.47 Å². The molecule has 176 valence electrons. The van der Waals surface area contributed by atoms with Crippen molar-refractivity contribution in [2.24, 2.45) is 9.98 Å². The van der Waals surface area contributed by atoms with Gasteiger partial charge in [-0.1, -0.05) is 62.3 Å². The molecule has 0 saturated carbocycles. The normalized spacial score (nSPS) is 18.8. The van der Waals surface area contributed by atoms with E-state index >= 15 is 0 Å². The molecule has 2 aromatic carbocycles. The third-order valence-electron chi connectivity index (χ3n) is 6.01. The molecule has 0 fully saturated rings. The maximum atomic E-state index is 6.10. The Balaban J connectivity index is 1.56. The van der Waals surface area contributed by atoms with Crippen LogP contribution >= 0.6 is 0 Å². The van der Waals surface area contributed by atoms with Crippen molar-refractivity contribution in [3.05, 3.63) is 66.3 Å². The van der Waals surface area contributed by atoms with Gasteiger partial charge in [-0.2, -0.15) is 0 Å². The molecule has 0 N–H and O–H groups in total. The van der Waals surface area contributed by atoms with Crippen molar-refractivity contribution in [3.63, 3.8) is 0 Å². The van der Waals surface area contributed by atoms with Gasteiger partial charge in [0.2, 0.25) is 0 Å². The van der Waals surface area contributed by atoms with E-state index in [1.807, 2.05) is 6.21 Å². The molecule has 2 aromatic rings. The first-order chi connectivity index (χ1) is 16.2. The molecule has 0 aliphatic carbocycles. The number of allylic oxidation sites excluding steroid dienone is 1. The second-order valence-electron chi connectivity index (χ2n) is 8.77. The molecular weight excluding hydrogens is 408 g/mol. The van der Waals surface area contributed by atoms with Gasteiger partial charge in [-0.15, -0.1) is 6.58 Å². The minimum absolute atomic E-state index is 0.351. The maximum Gasteiger partial charge on any atom is 0.148 e. The van der Waals surface area contributed by atoms with Crippen LogP contribution in [0.3, 0.4) is 0 Å². The van der Waals surface area contributed by atoms with Crippen molar-refractivity contribution in [2.45, 2.75) is 64.1 Å². The van der Waals surface area contributed by atoms with E-state index in [0.29, 0.717) is 19.3 Å². The molecule has 2 unspecified atom stereocenters. The number of hydrogen-bond donors (Lipinski definition) is 0. The summed E-state index contributed by atoms with van der Waals surface area (Å²) in [5, 5.41) is 2.40. The first-order valence-corrected chi connectivity index (χ1v) is 12.3. The number of unbranched alkanes of at least 4 members (excludes halogenated alkanes) is 3. The van der Waals surface area contributed by atoms with Crippen LogP contribution in [-0.4, -0.2) is 38.4 Å². The van der Waals surface area contributed by atoms with Gasteiger partial charge < -0.3 is 9.47 Å². The van der Waals surface area contributed by atoms with E-state index in [1.54, 1.807) is 12.4 Å². The zero-order valence-electron chi connectivity index (χ0n) is 20.2. The fourth-order valence-electron chi connectivity index (χ4n) is 4.05. The summed E-state index contributed by atoms with van der Waals surface area (Å²) in [6.45, 7) is 10.1. The number of rotatable bonds is 14. The molecule has 0 amide bonds. The Morgan fingerprint density at radius 2 is 1.97 bits per heavy atom. The predicted octanol–water partition coefficient (Wildman–Crippen LogP) is 7.13. The lowest BCUT2D eigenvalue weighted by Crippen LogP contribution is -2.36. The molecular formula is C29H38N2O2. The zero-order chi connectivity index (χ0) is 23.4. The minimum Gasteiger partial charge on any atom is -0.379 e. The molecule has 1 aliphatic heterocycles. The third kappa shape index (κ3) is 7.48. The quantitative estimate of drug-likeness (QED) is 0.229. The van der Waals surface area contributed by atoms with E-state index < -0.39 is 5.60 Å². The van der Waals surface area contributed by atoms with Gasteiger partial charge in [0, 0.05) is 12.8 Å². The van der Waals surface area contributed by atoms with Gasteiger partial charge in [0.15, 0.2) is 0 Å². The van der Waals surface area contributed by atoms with Gasteiger partial charge in [0.25, 0.3) is 0 Å². The Morgan fingerprint density at radius 3 is 2.76 bits per heavy atom. The number of hydrogen-bond acceptors (Lipinski definition) is 4. The van der Waals surface area contributed by atoms with Crippen molar-refractivity contribution >= 4 is 29.4 Å². The molecule has 0 bridgehead atoms. The van der Waals surface area contributed by atoms with Crippen LogP contribution in [0.1, 0.15) is 63.5 Å². The SMILES string of the molecule is C=CCOC1(c2ccc3cc(C=CCCCC(C)OCCCCC)ccc3c2)C=NC=NC1.